The maximum absolute atomic E-state index is 12.7. The number of urea groups is 1. The zero-order chi connectivity index (χ0) is 20.0. The number of likely N-dealkylation sites (tertiary alicyclic amines) is 2. The molecule has 1 aliphatic carbocycles. The normalized spacial score (nSPS) is 27.8. The maximum Gasteiger partial charge on any atom is 0.320 e. The minimum absolute atomic E-state index is 0.0128. The number of morpholine rings is 1. The fraction of sp³-hybridized carbons (Fsp3) is 0.545. The van der Waals surface area contributed by atoms with Crippen LogP contribution in [0.3, 0.4) is 0 Å². The summed E-state index contributed by atoms with van der Waals surface area (Å²) in [5, 5.41) is 13.0. The SMILES string of the molecule is O=C1CO[C@H]2CCN(C(=O)N3CC(C#Cc4ccc(C5(O)CC5)cc4)C3)C[C@H]2N1. The van der Waals surface area contributed by atoms with Gasteiger partial charge < -0.3 is 25.0 Å². The van der Waals surface area contributed by atoms with Crippen LogP contribution in [0.4, 0.5) is 4.79 Å². The molecule has 7 heteroatoms. The molecular formula is C22H25N3O4. The third-order valence-electron chi connectivity index (χ3n) is 6.31. The number of carbonyl (C=O) groups excluding carboxylic acids is 2. The molecule has 152 valence electrons. The molecular weight excluding hydrogens is 370 g/mol. The molecule has 3 heterocycles. The Kier molecular flexibility index (Phi) is 4.49. The van der Waals surface area contributed by atoms with Gasteiger partial charge in [-0.15, -0.1) is 0 Å². The first kappa shape index (κ1) is 18.5. The lowest BCUT2D eigenvalue weighted by atomic mass is 9.98. The Morgan fingerprint density at radius 2 is 1.93 bits per heavy atom. The number of hydrogen-bond acceptors (Lipinski definition) is 4. The average molecular weight is 395 g/mol. The highest BCUT2D eigenvalue weighted by molar-refractivity contribution is 5.79. The number of rotatable bonds is 1. The van der Waals surface area contributed by atoms with Crippen LogP contribution in [0.1, 0.15) is 30.4 Å². The average Bonchev–Trinajstić information content (AvgIpc) is 3.45. The van der Waals surface area contributed by atoms with Gasteiger partial charge >= 0.3 is 6.03 Å². The molecule has 3 saturated heterocycles. The summed E-state index contributed by atoms with van der Waals surface area (Å²) in [5.74, 6) is 6.50. The quantitative estimate of drug-likeness (QED) is 0.685. The van der Waals surface area contributed by atoms with Crippen molar-refractivity contribution >= 4 is 11.9 Å². The Labute approximate surface area is 170 Å². The zero-order valence-corrected chi connectivity index (χ0v) is 16.3. The van der Waals surface area contributed by atoms with Crippen molar-refractivity contribution in [3.63, 3.8) is 0 Å². The summed E-state index contributed by atoms with van der Waals surface area (Å²) in [6.07, 6.45) is 2.43. The molecule has 0 aromatic heterocycles. The lowest BCUT2D eigenvalue weighted by Crippen LogP contribution is -2.64. The minimum Gasteiger partial charge on any atom is -0.385 e. The van der Waals surface area contributed by atoms with E-state index in [1.165, 1.54) is 0 Å². The molecule has 0 radical (unpaired) electrons. The van der Waals surface area contributed by atoms with Gasteiger partial charge in [0.05, 0.1) is 23.7 Å². The van der Waals surface area contributed by atoms with E-state index >= 15 is 0 Å². The van der Waals surface area contributed by atoms with Gasteiger partial charge in [0.1, 0.15) is 6.61 Å². The summed E-state index contributed by atoms with van der Waals surface area (Å²) in [7, 11) is 0. The number of hydrogen-bond donors (Lipinski definition) is 2. The fourth-order valence-electron chi connectivity index (χ4n) is 4.26. The van der Waals surface area contributed by atoms with Crippen LogP contribution in [-0.2, 0) is 15.1 Å². The van der Waals surface area contributed by atoms with Crippen LogP contribution in [0.5, 0.6) is 0 Å². The van der Waals surface area contributed by atoms with Gasteiger partial charge in [-0.05, 0) is 37.0 Å². The predicted molar refractivity (Wildman–Crippen MR) is 105 cm³/mol. The van der Waals surface area contributed by atoms with Crippen molar-refractivity contribution in [3.8, 4) is 11.8 Å². The second-order valence-electron chi connectivity index (χ2n) is 8.52. The first-order chi connectivity index (χ1) is 14.0. The Morgan fingerprint density at radius 3 is 2.66 bits per heavy atom. The molecule has 29 heavy (non-hydrogen) atoms. The number of carbonyl (C=O) groups is 2. The van der Waals surface area contributed by atoms with Gasteiger partial charge in [-0.1, -0.05) is 24.0 Å². The van der Waals surface area contributed by atoms with E-state index in [1.54, 1.807) is 4.90 Å². The number of nitrogens with zero attached hydrogens (tertiary/aromatic N) is 2. The smallest absolute Gasteiger partial charge is 0.320 e. The molecule has 1 aromatic carbocycles. The first-order valence-corrected chi connectivity index (χ1v) is 10.3. The number of ether oxygens (including phenoxy) is 1. The van der Waals surface area contributed by atoms with Crippen molar-refractivity contribution in [2.45, 2.75) is 37.0 Å². The van der Waals surface area contributed by atoms with Gasteiger partial charge in [0.15, 0.2) is 0 Å². The third kappa shape index (κ3) is 3.70. The molecule has 0 bridgehead atoms. The molecule has 1 aromatic rings. The number of fused-ring (bicyclic) bond motifs is 1. The molecule has 3 amide bonds. The summed E-state index contributed by atoms with van der Waals surface area (Å²) in [6, 6.07) is 7.71. The fourth-order valence-corrected chi connectivity index (χ4v) is 4.26. The largest absolute Gasteiger partial charge is 0.385 e. The van der Waals surface area contributed by atoms with Crippen molar-refractivity contribution in [2.24, 2.45) is 5.92 Å². The predicted octanol–water partition coefficient (Wildman–Crippen LogP) is 0.661. The molecule has 0 unspecified atom stereocenters. The van der Waals surface area contributed by atoms with E-state index in [4.69, 9.17) is 4.74 Å². The number of nitrogens with one attached hydrogen (secondary N) is 1. The topological polar surface area (TPSA) is 82.1 Å². The second-order valence-corrected chi connectivity index (χ2v) is 8.52. The highest BCUT2D eigenvalue weighted by Gasteiger charge is 2.42. The van der Waals surface area contributed by atoms with E-state index in [0.29, 0.717) is 26.2 Å². The molecule has 4 fully saturated rings. The maximum atomic E-state index is 12.7. The molecule has 1 saturated carbocycles. The van der Waals surface area contributed by atoms with Crippen LogP contribution in [0.25, 0.3) is 0 Å². The van der Waals surface area contributed by atoms with E-state index in [-0.39, 0.29) is 36.6 Å². The van der Waals surface area contributed by atoms with Crippen molar-refractivity contribution < 1.29 is 19.4 Å². The van der Waals surface area contributed by atoms with Gasteiger partial charge in [-0.3, -0.25) is 4.79 Å². The summed E-state index contributed by atoms with van der Waals surface area (Å²) in [4.78, 5) is 27.9. The monoisotopic (exact) mass is 395 g/mol. The standard InChI is InChI=1S/C22H25N3O4/c26-20-14-29-19-7-10-24(13-18(19)23-20)21(27)25-11-16(12-25)2-1-15-3-5-17(6-4-15)22(28)8-9-22/h3-6,16,18-19,28H,7-14H2,(H,23,26)/t18-,19+/m1/s1. The molecule has 7 nitrogen and oxygen atoms in total. The molecule has 3 aliphatic heterocycles. The van der Waals surface area contributed by atoms with Crippen LogP contribution in [-0.4, -0.2) is 71.8 Å². The lowest BCUT2D eigenvalue weighted by molar-refractivity contribution is -0.139. The summed E-state index contributed by atoms with van der Waals surface area (Å²) >= 11 is 0. The first-order valence-electron chi connectivity index (χ1n) is 10.3. The highest BCUT2D eigenvalue weighted by atomic mass is 16.5. The summed E-state index contributed by atoms with van der Waals surface area (Å²) in [5.41, 5.74) is 1.28. The zero-order valence-electron chi connectivity index (χ0n) is 16.3. The Bertz CT molecular complexity index is 878. The van der Waals surface area contributed by atoms with Gasteiger partial charge in [0.2, 0.25) is 5.91 Å². The van der Waals surface area contributed by atoms with Crippen LogP contribution < -0.4 is 5.32 Å². The highest BCUT2D eigenvalue weighted by Crippen LogP contribution is 2.45. The van der Waals surface area contributed by atoms with E-state index in [9.17, 15) is 14.7 Å². The Hall–Kier alpha value is -2.56. The van der Waals surface area contributed by atoms with Gasteiger partial charge in [0, 0.05) is 31.7 Å². The van der Waals surface area contributed by atoms with Crippen LogP contribution in [0, 0.1) is 17.8 Å². The van der Waals surface area contributed by atoms with Gasteiger partial charge in [0.25, 0.3) is 0 Å². The van der Waals surface area contributed by atoms with Gasteiger partial charge in [-0.2, -0.15) is 0 Å². The van der Waals surface area contributed by atoms with Crippen LogP contribution in [0.15, 0.2) is 24.3 Å². The Morgan fingerprint density at radius 1 is 1.17 bits per heavy atom. The molecule has 2 atom stereocenters. The molecule has 0 spiro atoms. The summed E-state index contributed by atoms with van der Waals surface area (Å²) in [6.45, 7) is 2.54. The van der Waals surface area contributed by atoms with Crippen molar-refractivity contribution in [2.75, 3.05) is 32.8 Å². The van der Waals surface area contributed by atoms with E-state index < -0.39 is 5.60 Å². The number of piperidine rings is 1. The van der Waals surface area contributed by atoms with Crippen molar-refractivity contribution in [3.05, 3.63) is 35.4 Å². The lowest BCUT2D eigenvalue weighted by Gasteiger charge is -2.45. The van der Waals surface area contributed by atoms with Crippen LogP contribution in [0.2, 0.25) is 0 Å². The molecule has 5 rings (SSSR count). The minimum atomic E-state index is -0.609. The van der Waals surface area contributed by atoms with Crippen LogP contribution >= 0.6 is 0 Å². The van der Waals surface area contributed by atoms with Gasteiger partial charge in [-0.25, -0.2) is 4.79 Å². The number of benzene rings is 1. The van der Waals surface area contributed by atoms with Crippen molar-refractivity contribution in [1.82, 2.24) is 15.1 Å². The molecule has 4 aliphatic rings. The molecule has 2 N–H and O–H groups in total. The Balaban J connectivity index is 1.12. The van der Waals surface area contributed by atoms with Crippen molar-refractivity contribution in [1.29, 1.82) is 0 Å². The number of amides is 3. The second kappa shape index (κ2) is 7.05. The summed E-state index contributed by atoms with van der Waals surface area (Å²) < 4.78 is 5.55. The van der Waals surface area contributed by atoms with E-state index in [0.717, 1.165) is 30.4 Å². The number of aliphatic hydroxyl groups is 1. The van der Waals surface area contributed by atoms with E-state index in [2.05, 4.69) is 17.2 Å². The third-order valence-corrected chi connectivity index (χ3v) is 6.31. The van der Waals surface area contributed by atoms with E-state index in [1.807, 2.05) is 29.2 Å².